The van der Waals surface area contributed by atoms with E-state index >= 15 is 0 Å². The molecule has 1 fully saturated rings. The monoisotopic (exact) mass is 418 g/mol. The Morgan fingerprint density at radius 2 is 1.33 bits per heavy atom. The van der Waals surface area contributed by atoms with Gasteiger partial charge in [-0.1, -0.05) is 56.1 Å². The van der Waals surface area contributed by atoms with E-state index in [1.807, 2.05) is 0 Å². The number of rotatable bonds is 2. The maximum atomic E-state index is 13.7. The lowest BCUT2D eigenvalue weighted by atomic mass is 9.90. The second-order valence-electron chi connectivity index (χ2n) is 5.28. The second-order valence-corrected chi connectivity index (χ2v) is 7.12. The fraction of sp³-hybridized carbons (Fsp3) is 0.250. The Balaban J connectivity index is 2.02. The van der Waals surface area contributed by atoms with Crippen LogP contribution < -0.4 is 0 Å². The van der Waals surface area contributed by atoms with Crippen molar-refractivity contribution < 1.29 is 13.2 Å². The van der Waals surface area contributed by atoms with E-state index in [0.717, 1.165) is 14.5 Å². The van der Waals surface area contributed by atoms with Crippen LogP contribution in [0.15, 0.2) is 57.5 Å². The van der Waals surface area contributed by atoms with Crippen LogP contribution in [0.4, 0.5) is 13.2 Å². The molecule has 0 nitrogen and oxygen atoms in total. The van der Waals surface area contributed by atoms with E-state index in [2.05, 4.69) is 31.9 Å². The van der Waals surface area contributed by atoms with Crippen LogP contribution in [0.25, 0.3) is 0 Å². The molecule has 3 rings (SSSR count). The maximum Gasteiger partial charge on any atom is 0.399 e. The fourth-order valence-corrected chi connectivity index (χ4v) is 3.43. The Hall–Kier alpha value is -0.810. The summed E-state index contributed by atoms with van der Waals surface area (Å²) < 4.78 is 42.7. The minimum Gasteiger partial charge on any atom is -0.170 e. The van der Waals surface area contributed by atoms with Crippen molar-refractivity contribution >= 4 is 31.9 Å². The average Bonchev–Trinajstić information content (AvgIpc) is 3.17. The summed E-state index contributed by atoms with van der Waals surface area (Å²) >= 11 is 6.57. The van der Waals surface area contributed by atoms with E-state index in [1.165, 1.54) is 0 Å². The minimum atomic E-state index is -4.25. The molecule has 0 bridgehead atoms. The first kappa shape index (κ1) is 15.1. The van der Waals surface area contributed by atoms with Gasteiger partial charge in [0.05, 0.1) is 5.41 Å². The molecule has 0 heterocycles. The number of halogens is 5. The highest BCUT2D eigenvalue weighted by atomic mass is 79.9. The molecule has 2 atom stereocenters. The van der Waals surface area contributed by atoms with Crippen LogP contribution in [-0.4, -0.2) is 6.18 Å². The lowest BCUT2D eigenvalue weighted by molar-refractivity contribution is -0.162. The highest BCUT2D eigenvalue weighted by Crippen LogP contribution is 2.68. The topological polar surface area (TPSA) is 0 Å². The second kappa shape index (κ2) is 5.13. The number of benzene rings is 2. The van der Waals surface area contributed by atoms with E-state index in [0.29, 0.717) is 5.56 Å². The average molecular weight is 420 g/mol. The first-order chi connectivity index (χ1) is 9.84. The van der Waals surface area contributed by atoms with Crippen molar-refractivity contribution in [2.75, 3.05) is 0 Å². The number of alkyl halides is 3. The van der Waals surface area contributed by atoms with Gasteiger partial charge in [-0.25, -0.2) is 0 Å². The van der Waals surface area contributed by atoms with Crippen molar-refractivity contribution in [3.63, 3.8) is 0 Å². The van der Waals surface area contributed by atoms with Crippen LogP contribution >= 0.6 is 31.9 Å². The first-order valence-electron chi connectivity index (χ1n) is 6.43. The molecule has 5 heteroatoms. The molecule has 0 unspecified atom stereocenters. The molecule has 21 heavy (non-hydrogen) atoms. The molecule has 1 saturated carbocycles. The van der Waals surface area contributed by atoms with Crippen molar-refractivity contribution in [3.05, 3.63) is 68.6 Å². The quantitative estimate of drug-likeness (QED) is 0.543. The molecular weight excluding hydrogens is 409 g/mol. The Kier molecular flexibility index (Phi) is 3.69. The van der Waals surface area contributed by atoms with Crippen LogP contribution in [0.5, 0.6) is 0 Å². The van der Waals surface area contributed by atoms with E-state index in [4.69, 9.17) is 0 Å². The van der Waals surface area contributed by atoms with Crippen molar-refractivity contribution in [1.82, 2.24) is 0 Å². The summed E-state index contributed by atoms with van der Waals surface area (Å²) in [4.78, 5) is 0. The third-order valence-corrected chi connectivity index (χ3v) is 5.16. The Morgan fingerprint density at radius 1 is 0.857 bits per heavy atom. The predicted molar refractivity (Wildman–Crippen MR) is 83.4 cm³/mol. The van der Waals surface area contributed by atoms with Gasteiger partial charge in [0, 0.05) is 14.9 Å². The van der Waals surface area contributed by atoms with Gasteiger partial charge < -0.3 is 0 Å². The van der Waals surface area contributed by atoms with Gasteiger partial charge >= 0.3 is 6.18 Å². The van der Waals surface area contributed by atoms with Crippen LogP contribution in [0.2, 0.25) is 0 Å². The van der Waals surface area contributed by atoms with Crippen molar-refractivity contribution in [3.8, 4) is 0 Å². The molecule has 0 aromatic heterocycles. The molecule has 0 N–H and O–H groups in total. The molecule has 2 aromatic carbocycles. The predicted octanol–water partition coefficient (Wildman–Crippen LogP) is 6.20. The zero-order chi connectivity index (χ0) is 15.3. The first-order valence-corrected chi connectivity index (χ1v) is 8.01. The van der Waals surface area contributed by atoms with Gasteiger partial charge in [-0.2, -0.15) is 13.2 Å². The molecule has 0 amide bonds. The highest BCUT2D eigenvalue weighted by Gasteiger charge is 2.71. The third-order valence-electron chi connectivity index (χ3n) is 4.10. The lowest BCUT2D eigenvalue weighted by Crippen LogP contribution is -2.30. The lowest BCUT2D eigenvalue weighted by Gasteiger charge is -2.22. The summed E-state index contributed by atoms with van der Waals surface area (Å²) in [6.07, 6.45) is -4.14. The highest BCUT2D eigenvalue weighted by molar-refractivity contribution is 9.10. The molecular formula is C16H11Br2F3. The summed E-state index contributed by atoms with van der Waals surface area (Å²) in [6, 6.07) is 13.6. The van der Waals surface area contributed by atoms with Crippen LogP contribution in [0, 0.1) is 0 Å². The van der Waals surface area contributed by atoms with E-state index < -0.39 is 17.5 Å². The van der Waals surface area contributed by atoms with E-state index in [-0.39, 0.29) is 6.42 Å². The maximum absolute atomic E-state index is 13.7. The molecule has 1 aliphatic rings. The summed E-state index contributed by atoms with van der Waals surface area (Å²) in [6.45, 7) is 0. The van der Waals surface area contributed by atoms with E-state index in [1.54, 1.807) is 48.5 Å². The molecule has 0 radical (unpaired) electrons. The molecule has 110 valence electrons. The van der Waals surface area contributed by atoms with Crippen LogP contribution in [0.3, 0.4) is 0 Å². The molecule has 0 spiro atoms. The van der Waals surface area contributed by atoms with Crippen molar-refractivity contribution in [2.24, 2.45) is 0 Å². The number of hydrogen-bond acceptors (Lipinski definition) is 0. The van der Waals surface area contributed by atoms with Gasteiger partial charge in [0.1, 0.15) is 0 Å². The SMILES string of the molecule is FC(F)(F)[C@]1(c2ccc(Br)cc2)C[C@H]1c1ccc(Br)cc1. The zero-order valence-corrected chi connectivity index (χ0v) is 14.0. The van der Waals surface area contributed by atoms with Gasteiger partial charge in [0.25, 0.3) is 0 Å². The summed E-state index contributed by atoms with van der Waals surface area (Å²) in [5.41, 5.74) is -0.675. The van der Waals surface area contributed by atoms with Gasteiger partial charge in [0.15, 0.2) is 0 Å². The molecule has 0 saturated heterocycles. The van der Waals surface area contributed by atoms with Gasteiger partial charge in [0.2, 0.25) is 0 Å². The summed E-state index contributed by atoms with van der Waals surface area (Å²) in [7, 11) is 0. The van der Waals surface area contributed by atoms with Gasteiger partial charge in [-0.3, -0.25) is 0 Å². The minimum absolute atomic E-state index is 0.111. The smallest absolute Gasteiger partial charge is 0.170 e. The molecule has 2 aromatic rings. The Bertz CT molecular complexity index is 647. The summed E-state index contributed by atoms with van der Waals surface area (Å²) in [5, 5.41) is 0. The van der Waals surface area contributed by atoms with Crippen LogP contribution in [-0.2, 0) is 5.41 Å². The van der Waals surface area contributed by atoms with Crippen LogP contribution in [0.1, 0.15) is 23.5 Å². The fourth-order valence-electron chi connectivity index (χ4n) is 2.90. The summed E-state index contributed by atoms with van der Waals surface area (Å²) in [5.74, 6) is -0.508. The van der Waals surface area contributed by atoms with Gasteiger partial charge in [-0.05, 0) is 41.8 Å². The third kappa shape index (κ3) is 2.55. The zero-order valence-electron chi connectivity index (χ0n) is 10.8. The Morgan fingerprint density at radius 3 is 1.81 bits per heavy atom. The largest absolute Gasteiger partial charge is 0.399 e. The van der Waals surface area contributed by atoms with Gasteiger partial charge in [-0.15, -0.1) is 0 Å². The van der Waals surface area contributed by atoms with Crippen molar-refractivity contribution in [1.29, 1.82) is 0 Å². The van der Waals surface area contributed by atoms with Crippen molar-refractivity contribution in [2.45, 2.75) is 23.9 Å². The standard InChI is InChI=1S/C16H11Br2F3/c17-12-5-1-10(2-6-12)14-9-15(14,16(19,20)21)11-3-7-13(18)8-4-11/h1-8,14H,9H2/t14-,15-/m0/s1. The number of hydrogen-bond donors (Lipinski definition) is 0. The normalized spacial score (nSPS) is 24.9. The molecule has 0 aliphatic heterocycles. The Labute approximate surface area is 137 Å². The van der Waals surface area contributed by atoms with E-state index in [9.17, 15) is 13.2 Å². The molecule has 1 aliphatic carbocycles.